The zero-order valence-electron chi connectivity index (χ0n) is 15.1. The summed E-state index contributed by atoms with van der Waals surface area (Å²) in [7, 11) is 0. The van der Waals surface area contributed by atoms with Gasteiger partial charge in [0.25, 0.3) is 0 Å². The lowest BCUT2D eigenvalue weighted by Gasteiger charge is -1.97. The van der Waals surface area contributed by atoms with Gasteiger partial charge in [-0.05, 0) is 44.3 Å². The van der Waals surface area contributed by atoms with Gasteiger partial charge < -0.3 is 5.73 Å². The largest absolute Gasteiger partial charge is 0.392 e. The Morgan fingerprint density at radius 1 is 1.36 bits per heavy atom. The van der Waals surface area contributed by atoms with E-state index in [1.54, 1.807) is 0 Å². The summed E-state index contributed by atoms with van der Waals surface area (Å²) in [5, 5.41) is 0. The van der Waals surface area contributed by atoms with Crippen molar-refractivity contribution in [2.75, 3.05) is 0 Å². The Hall–Kier alpha value is -1.94. The lowest BCUT2D eigenvalue weighted by Crippen LogP contribution is -1.90. The molecule has 0 aromatic heterocycles. The van der Waals surface area contributed by atoms with Crippen LogP contribution in [0, 0.1) is 11.8 Å². The average molecular weight is 300 g/mol. The van der Waals surface area contributed by atoms with Crippen molar-refractivity contribution >= 4 is 0 Å². The van der Waals surface area contributed by atoms with E-state index in [0.717, 1.165) is 12.8 Å². The van der Waals surface area contributed by atoms with Gasteiger partial charge in [0.15, 0.2) is 0 Å². The molecule has 0 saturated carbocycles. The number of nitrogens with two attached hydrogens (primary N) is 1. The van der Waals surface area contributed by atoms with Crippen LogP contribution >= 0.6 is 0 Å². The Balaban J connectivity index is 0. The molecule has 1 nitrogen and oxygen atoms in total. The van der Waals surface area contributed by atoms with Crippen molar-refractivity contribution in [3.8, 4) is 11.8 Å². The molecule has 0 amide bonds. The first-order valence-electron chi connectivity index (χ1n) is 8.20. The zero-order valence-corrected chi connectivity index (χ0v) is 15.1. The normalized spacial score (nSPS) is 13.2. The van der Waals surface area contributed by atoms with E-state index in [1.807, 2.05) is 52.0 Å². The van der Waals surface area contributed by atoms with Crippen molar-refractivity contribution in [3.05, 3.63) is 59.9 Å². The third-order valence-corrected chi connectivity index (χ3v) is 2.73. The van der Waals surface area contributed by atoms with Crippen molar-refractivity contribution in [1.29, 1.82) is 0 Å². The molecule has 0 saturated heterocycles. The molecule has 0 spiro atoms. The third kappa shape index (κ3) is 14.5. The van der Waals surface area contributed by atoms with E-state index in [2.05, 4.69) is 37.5 Å². The van der Waals surface area contributed by atoms with Gasteiger partial charge in [-0.15, -0.1) is 0 Å². The summed E-state index contributed by atoms with van der Waals surface area (Å²) in [5.41, 5.74) is 8.70. The maximum Gasteiger partial charge on any atom is 0.0827 e. The quantitative estimate of drug-likeness (QED) is 0.483. The predicted octanol–water partition coefficient (Wildman–Crippen LogP) is 6.07. The van der Waals surface area contributed by atoms with Crippen LogP contribution in [0.15, 0.2) is 59.9 Å². The lowest BCUT2D eigenvalue weighted by molar-refractivity contribution is 0.798. The van der Waals surface area contributed by atoms with Gasteiger partial charge in [-0.2, -0.15) is 0 Å². The first-order valence-corrected chi connectivity index (χ1v) is 8.20. The van der Waals surface area contributed by atoms with Crippen LogP contribution in [-0.2, 0) is 0 Å². The summed E-state index contributed by atoms with van der Waals surface area (Å²) in [6, 6.07) is 0. The number of rotatable bonds is 5. The van der Waals surface area contributed by atoms with Crippen molar-refractivity contribution < 1.29 is 0 Å². The van der Waals surface area contributed by atoms with E-state index in [1.165, 1.54) is 24.0 Å². The summed E-state index contributed by atoms with van der Waals surface area (Å²) >= 11 is 0. The zero-order chi connectivity index (χ0) is 17.2. The molecule has 0 aliphatic heterocycles. The Labute approximate surface area is 138 Å². The molecule has 0 heterocycles. The first-order chi connectivity index (χ1) is 10.6. The highest BCUT2D eigenvalue weighted by Crippen LogP contribution is 2.07. The molecular formula is C21H33N. The fourth-order valence-corrected chi connectivity index (χ4v) is 1.47. The van der Waals surface area contributed by atoms with Crippen LogP contribution in [0.4, 0.5) is 0 Å². The van der Waals surface area contributed by atoms with Crippen molar-refractivity contribution in [1.82, 2.24) is 0 Å². The van der Waals surface area contributed by atoms with E-state index < -0.39 is 0 Å². The lowest BCUT2D eigenvalue weighted by atomic mass is 10.1. The Morgan fingerprint density at radius 2 is 2.05 bits per heavy atom. The molecule has 1 heteroatoms. The Morgan fingerprint density at radius 3 is 2.59 bits per heavy atom. The first kappa shape index (κ1) is 22.3. The van der Waals surface area contributed by atoms with E-state index in [9.17, 15) is 0 Å². The topological polar surface area (TPSA) is 26.0 Å². The van der Waals surface area contributed by atoms with Crippen LogP contribution in [0.3, 0.4) is 0 Å². The molecule has 0 bridgehead atoms. The molecule has 22 heavy (non-hydrogen) atoms. The predicted molar refractivity (Wildman–Crippen MR) is 102 cm³/mol. The van der Waals surface area contributed by atoms with Gasteiger partial charge in [-0.3, -0.25) is 0 Å². The second kappa shape index (κ2) is 17.1. The third-order valence-electron chi connectivity index (χ3n) is 2.73. The van der Waals surface area contributed by atoms with Crippen LogP contribution in [0.5, 0.6) is 0 Å². The highest BCUT2D eigenvalue weighted by Gasteiger charge is 1.88. The van der Waals surface area contributed by atoms with Crippen LogP contribution in [0.25, 0.3) is 0 Å². The number of hydrogen-bond acceptors (Lipinski definition) is 1. The molecular weight excluding hydrogens is 266 g/mol. The summed E-state index contributed by atoms with van der Waals surface area (Å²) < 4.78 is 0. The molecule has 1 aliphatic rings. The maximum absolute atomic E-state index is 5.44. The highest BCUT2D eigenvalue weighted by atomic mass is 14.5. The standard InChI is InChI=1S/C11H18.C8H9N.C2H6/c1-4-7-9-11(6-3)10-8-5-2;1-7-3-2-4-8(9)6-5-7;1-2/h4,6-7,9H,3,5,8,10H2,1-2H3;5-6H,3,9H2,1H3;1-2H3/b7-4-,11-9+;;. The fraction of sp³-hybridized carbons (Fsp3) is 0.429. The molecule has 0 aromatic rings. The second-order valence-electron chi connectivity index (χ2n) is 4.69. The summed E-state index contributed by atoms with van der Waals surface area (Å²) in [6.45, 7) is 14.0. The van der Waals surface area contributed by atoms with E-state index >= 15 is 0 Å². The van der Waals surface area contributed by atoms with E-state index in [-0.39, 0.29) is 0 Å². The molecule has 0 radical (unpaired) electrons. The van der Waals surface area contributed by atoms with Gasteiger partial charge in [0.05, 0.1) is 5.70 Å². The van der Waals surface area contributed by atoms with Gasteiger partial charge in [0.1, 0.15) is 0 Å². The Kier molecular flexibility index (Phi) is 17.4. The van der Waals surface area contributed by atoms with E-state index in [0.29, 0.717) is 5.70 Å². The van der Waals surface area contributed by atoms with Gasteiger partial charge in [-0.25, -0.2) is 0 Å². The molecule has 0 atom stereocenters. The molecule has 0 unspecified atom stereocenters. The minimum atomic E-state index is 0.659. The van der Waals surface area contributed by atoms with Crippen LogP contribution in [-0.4, -0.2) is 0 Å². The van der Waals surface area contributed by atoms with Gasteiger partial charge in [-0.1, -0.05) is 75.6 Å². The summed E-state index contributed by atoms with van der Waals surface area (Å²) in [5.74, 6) is 5.75. The minimum absolute atomic E-state index is 0.659. The monoisotopic (exact) mass is 299 g/mol. The molecule has 0 fully saturated rings. The van der Waals surface area contributed by atoms with Gasteiger partial charge in [0.2, 0.25) is 0 Å². The van der Waals surface area contributed by atoms with Crippen molar-refractivity contribution in [2.45, 2.75) is 60.3 Å². The fourth-order valence-electron chi connectivity index (χ4n) is 1.47. The van der Waals surface area contributed by atoms with Crippen molar-refractivity contribution in [2.24, 2.45) is 5.73 Å². The number of allylic oxidation sites excluding steroid dienone is 9. The Bertz CT molecular complexity index is 462. The smallest absolute Gasteiger partial charge is 0.0827 e. The van der Waals surface area contributed by atoms with Crippen molar-refractivity contribution in [3.63, 3.8) is 0 Å². The summed E-state index contributed by atoms with van der Waals surface area (Å²) in [6.07, 6.45) is 16.5. The summed E-state index contributed by atoms with van der Waals surface area (Å²) in [4.78, 5) is 0. The van der Waals surface area contributed by atoms with Crippen LogP contribution < -0.4 is 5.73 Å². The average Bonchev–Trinajstić information content (AvgIpc) is 2.74. The van der Waals surface area contributed by atoms with Crippen LogP contribution in [0.1, 0.15) is 60.3 Å². The maximum atomic E-state index is 5.44. The second-order valence-corrected chi connectivity index (χ2v) is 4.69. The van der Waals surface area contributed by atoms with Crippen LogP contribution in [0.2, 0.25) is 0 Å². The molecule has 0 aromatic carbocycles. The molecule has 1 aliphatic carbocycles. The molecule has 2 N–H and O–H groups in total. The molecule has 1 rings (SSSR count). The van der Waals surface area contributed by atoms with Gasteiger partial charge >= 0.3 is 0 Å². The minimum Gasteiger partial charge on any atom is -0.392 e. The van der Waals surface area contributed by atoms with E-state index in [4.69, 9.17) is 5.73 Å². The number of hydrogen-bond donors (Lipinski definition) is 1. The molecule has 122 valence electrons. The SMILES string of the molecule is C=C/C(=C\C=C/C)CCCC.CC.CC1=CC=C(N)C#CC1. The van der Waals surface area contributed by atoms with Gasteiger partial charge in [0, 0.05) is 6.42 Å². The number of unbranched alkanes of at least 4 members (excludes halogenated alkanes) is 1. The highest BCUT2D eigenvalue weighted by molar-refractivity contribution is 5.34.